The van der Waals surface area contributed by atoms with Crippen LogP contribution in [0.1, 0.15) is 30.2 Å². The Kier molecular flexibility index (Phi) is 5.02. The van der Waals surface area contributed by atoms with Crippen molar-refractivity contribution in [2.75, 3.05) is 26.2 Å². The summed E-state index contributed by atoms with van der Waals surface area (Å²) in [5.74, 6) is 0.247. The van der Waals surface area contributed by atoms with E-state index in [1.807, 2.05) is 25.4 Å². The van der Waals surface area contributed by atoms with Gasteiger partial charge >= 0.3 is 0 Å². The van der Waals surface area contributed by atoms with Gasteiger partial charge in [0.25, 0.3) is 5.91 Å². The Hall–Kier alpha value is -3.12. The van der Waals surface area contributed by atoms with E-state index in [1.54, 1.807) is 4.90 Å². The van der Waals surface area contributed by atoms with Gasteiger partial charge in [-0.05, 0) is 61.1 Å². The van der Waals surface area contributed by atoms with E-state index < -0.39 is 0 Å². The molecule has 0 bridgehead atoms. The first-order valence-electron chi connectivity index (χ1n) is 11.1. The Labute approximate surface area is 183 Å². The standard InChI is InChI=1S/C25H29N5O/c1-17-4-5-21-6-7-22(28-10-8-26-9-11-28)16-30(21)24(31)13-23(17)20-12-18(2)25-27-19(3)14-29(25)15-20/h5-7,12-17,26H,4,8-11H2,1-3H3. The van der Waals surface area contributed by atoms with Crippen molar-refractivity contribution < 1.29 is 4.79 Å². The number of piperazine rings is 1. The summed E-state index contributed by atoms with van der Waals surface area (Å²) in [7, 11) is 0. The number of aryl methyl sites for hydroxylation is 2. The number of fused-ring (bicyclic) bond motifs is 2. The first kappa shape index (κ1) is 19.8. The van der Waals surface area contributed by atoms with Crippen LogP contribution in [0.25, 0.3) is 11.2 Å². The minimum absolute atomic E-state index is 0.00402. The molecule has 31 heavy (non-hydrogen) atoms. The van der Waals surface area contributed by atoms with Gasteiger partial charge in [0.15, 0.2) is 0 Å². The van der Waals surface area contributed by atoms with Gasteiger partial charge in [-0.25, -0.2) is 4.98 Å². The molecule has 1 unspecified atom stereocenters. The molecular formula is C25H29N5O. The molecule has 6 heteroatoms. The van der Waals surface area contributed by atoms with Crippen molar-refractivity contribution in [1.29, 1.82) is 0 Å². The monoisotopic (exact) mass is 415 g/mol. The number of imidazole rings is 1. The zero-order valence-corrected chi connectivity index (χ0v) is 18.4. The molecule has 2 aromatic rings. The average Bonchev–Trinajstić information content (AvgIpc) is 3.16. The second-order valence-electron chi connectivity index (χ2n) is 8.72. The summed E-state index contributed by atoms with van der Waals surface area (Å²) in [4.78, 5) is 22.1. The molecule has 3 aliphatic rings. The maximum absolute atomic E-state index is 13.4. The van der Waals surface area contributed by atoms with Crippen molar-refractivity contribution in [1.82, 2.24) is 24.5 Å². The van der Waals surface area contributed by atoms with Crippen molar-refractivity contribution >= 4 is 17.1 Å². The van der Waals surface area contributed by atoms with E-state index in [1.165, 1.54) is 0 Å². The highest BCUT2D eigenvalue weighted by Crippen LogP contribution is 2.32. The third-order valence-electron chi connectivity index (χ3n) is 6.36. The van der Waals surface area contributed by atoms with E-state index in [-0.39, 0.29) is 11.8 Å². The van der Waals surface area contributed by atoms with E-state index in [2.05, 4.69) is 63.9 Å². The zero-order valence-electron chi connectivity index (χ0n) is 18.4. The molecule has 0 aromatic carbocycles. The second kappa shape index (κ2) is 7.85. The van der Waals surface area contributed by atoms with E-state index in [4.69, 9.17) is 0 Å². The first-order valence-corrected chi connectivity index (χ1v) is 11.1. The van der Waals surface area contributed by atoms with E-state index in [0.717, 1.165) is 72.0 Å². The van der Waals surface area contributed by atoms with Gasteiger partial charge in [-0.3, -0.25) is 9.69 Å². The molecule has 1 saturated heterocycles. The highest BCUT2D eigenvalue weighted by atomic mass is 16.2. The van der Waals surface area contributed by atoms with Gasteiger partial charge in [0, 0.05) is 56.5 Å². The van der Waals surface area contributed by atoms with Gasteiger partial charge in [-0.1, -0.05) is 13.0 Å². The smallest absolute Gasteiger partial charge is 0.255 e. The number of nitrogens with one attached hydrogen (secondary N) is 1. The fourth-order valence-corrected chi connectivity index (χ4v) is 4.65. The lowest BCUT2D eigenvalue weighted by molar-refractivity contribution is -0.122. The fraction of sp³-hybridized carbons (Fsp3) is 0.360. The number of amides is 1. The van der Waals surface area contributed by atoms with Crippen LogP contribution in [0.3, 0.4) is 0 Å². The van der Waals surface area contributed by atoms with Gasteiger partial charge in [0.1, 0.15) is 5.65 Å². The van der Waals surface area contributed by atoms with Crippen molar-refractivity contribution in [3.05, 3.63) is 77.2 Å². The predicted octanol–water partition coefficient (Wildman–Crippen LogP) is 3.40. The molecule has 1 N–H and O–H groups in total. The van der Waals surface area contributed by atoms with Crippen molar-refractivity contribution in [3.8, 4) is 0 Å². The Balaban J connectivity index is 1.51. The Morgan fingerprint density at radius 1 is 1.10 bits per heavy atom. The summed E-state index contributed by atoms with van der Waals surface area (Å²) in [5, 5.41) is 3.38. The minimum Gasteiger partial charge on any atom is -0.368 e. The van der Waals surface area contributed by atoms with Gasteiger partial charge in [-0.2, -0.15) is 0 Å². The lowest BCUT2D eigenvalue weighted by Gasteiger charge is -2.34. The maximum atomic E-state index is 13.4. The van der Waals surface area contributed by atoms with Gasteiger partial charge in [0.2, 0.25) is 0 Å². The molecule has 1 atom stereocenters. The van der Waals surface area contributed by atoms with Crippen LogP contribution in [0.5, 0.6) is 0 Å². The molecular weight excluding hydrogens is 386 g/mol. The van der Waals surface area contributed by atoms with Crippen LogP contribution >= 0.6 is 0 Å². The van der Waals surface area contributed by atoms with Crippen LogP contribution in [-0.2, 0) is 4.79 Å². The SMILES string of the molecule is Cc1cn2cc(C3=CC(=O)N4C=C(N5CCNCC5)C=CC4=CCC3C)cc(C)c2n1. The van der Waals surface area contributed by atoms with Crippen LogP contribution in [0, 0.1) is 19.8 Å². The molecule has 0 spiro atoms. The van der Waals surface area contributed by atoms with Crippen molar-refractivity contribution in [2.24, 2.45) is 5.92 Å². The molecule has 1 fully saturated rings. The lowest BCUT2D eigenvalue weighted by Crippen LogP contribution is -2.43. The molecule has 5 rings (SSSR count). The van der Waals surface area contributed by atoms with Gasteiger partial charge in [-0.15, -0.1) is 0 Å². The van der Waals surface area contributed by atoms with E-state index >= 15 is 0 Å². The van der Waals surface area contributed by atoms with Gasteiger partial charge < -0.3 is 14.6 Å². The molecule has 5 heterocycles. The number of aromatic nitrogens is 2. The van der Waals surface area contributed by atoms with Gasteiger partial charge in [0.05, 0.1) is 11.4 Å². The highest BCUT2D eigenvalue weighted by molar-refractivity contribution is 5.98. The van der Waals surface area contributed by atoms with Crippen LogP contribution < -0.4 is 5.32 Å². The number of carbonyl (C=O) groups is 1. The Morgan fingerprint density at radius 2 is 1.87 bits per heavy atom. The third kappa shape index (κ3) is 3.72. The Morgan fingerprint density at radius 3 is 2.68 bits per heavy atom. The minimum atomic E-state index is 0.00402. The largest absolute Gasteiger partial charge is 0.368 e. The molecule has 1 amide bonds. The second-order valence-corrected chi connectivity index (χ2v) is 8.72. The number of allylic oxidation sites excluding steroid dienone is 4. The summed E-state index contributed by atoms with van der Waals surface area (Å²) >= 11 is 0. The van der Waals surface area contributed by atoms with E-state index in [9.17, 15) is 4.79 Å². The van der Waals surface area contributed by atoms with Crippen LogP contribution in [0.2, 0.25) is 0 Å². The molecule has 0 aliphatic carbocycles. The molecule has 0 radical (unpaired) electrons. The summed E-state index contributed by atoms with van der Waals surface area (Å²) < 4.78 is 2.07. The third-order valence-corrected chi connectivity index (χ3v) is 6.36. The summed E-state index contributed by atoms with van der Waals surface area (Å²) in [5.41, 5.74) is 7.30. The number of rotatable bonds is 2. The predicted molar refractivity (Wildman–Crippen MR) is 123 cm³/mol. The van der Waals surface area contributed by atoms with Crippen molar-refractivity contribution in [2.45, 2.75) is 27.2 Å². The van der Waals surface area contributed by atoms with E-state index in [0.29, 0.717) is 0 Å². The number of nitrogens with zero attached hydrogens (tertiary/aromatic N) is 4. The number of carbonyl (C=O) groups excluding carboxylic acids is 1. The molecule has 0 saturated carbocycles. The maximum Gasteiger partial charge on any atom is 0.255 e. The summed E-state index contributed by atoms with van der Waals surface area (Å²) in [6.45, 7) is 10.1. The van der Waals surface area contributed by atoms with Crippen LogP contribution in [-0.4, -0.2) is 51.3 Å². The van der Waals surface area contributed by atoms with Crippen LogP contribution in [0.4, 0.5) is 0 Å². The topological polar surface area (TPSA) is 52.9 Å². The molecule has 160 valence electrons. The summed E-state index contributed by atoms with van der Waals surface area (Å²) in [6.07, 6.45) is 15.2. The lowest BCUT2D eigenvalue weighted by atomic mass is 9.89. The highest BCUT2D eigenvalue weighted by Gasteiger charge is 2.24. The first-order chi connectivity index (χ1) is 15.0. The number of pyridine rings is 1. The zero-order chi connectivity index (χ0) is 21.5. The number of hydrogen-bond donors (Lipinski definition) is 1. The average molecular weight is 416 g/mol. The summed E-state index contributed by atoms with van der Waals surface area (Å²) in [6, 6.07) is 2.15. The Bertz CT molecular complexity index is 1160. The van der Waals surface area contributed by atoms with Crippen LogP contribution in [0.15, 0.2) is 60.4 Å². The molecule has 2 aromatic heterocycles. The molecule has 3 aliphatic heterocycles. The quantitative estimate of drug-likeness (QED) is 0.817. The van der Waals surface area contributed by atoms with Crippen molar-refractivity contribution in [3.63, 3.8) is 0 Å². The normalized spacial score (nSPS) is 22.0. The number of hydrogen-bond acceptors (Lipinski definition) is 4. The fourth-order valence-electron chi connectivity index (χ4n) is 4.65. The molecule has 6 nitrogen and oxygen atoms in total.